The predicted molar refractivity (Wildman–Crippen MR) is 96.7 cm³/mol. The molecule has 0 unspecified atom stereocenters. The lowest BCUT2D eigenvalue weighted by Gasteiger charge is -2.03. The third kappa shape index (κ3) is 2.66. The number of benzene rings is 2. The van der Waals surface area contributed by atoms with Crippen LogP contribution in [0.3, 0.4) is 0 Å². The summed E-state index contributed by atoms with van der Waals surface area (Å²) in [6.45, 7) is 0. The molecule has 25 heavy (non-hydrogen) atoms. The van der Waals surface area contributed by atoms with Crippen LogP contribution in [0.5, 0.6) is 0 Å². The van der Waals surface area contributed by atoms with Crippen molar-refractivity contribution in [3.05, 3.63) is 76.1 Å². The summed E-state index contributed by atoms with van der Waals surface area (Å²) in [7, 11) is 1.89. The molecule has 2 aromatic carbocycles. The van der Waals surface area contributed by atoms with Crippen LogP contribution in [0.1, 0.15) is 0 Å². The molecular weight excluding hydrogens is 340 g/mol. The number of non-ortho nitro benzene ring substituents is 1. The van der Waals surface area contributed by atoms with Crippen LogP contribution in [0, 0.1) is 10.1 Å². The average molecular weight is 353 g/mol. The van der Waals surface area contributed by atoms with Crippen LogP contribution in [0.15, 0.2) is 60.9 Å². The Morgan fingerprint density at radius 3 is 2.56 bits per heavy atom. The van der Waals surface area contributed by atoms with E-state index in [1.54, 1.807) is 12.1 Å². The summed E-state index contributed by atoms with van der Waals surface area (Å²) in [5.74, 6) is 0.747. The smallest absolute Gasteiger partial charge is 0.270 e. The molecule has 0 atom stereocenters. The number of aromatic nitrogens is 3. The standard InChI is InChI=1S/C18H13ClN4O2/c1-21-17(13-5-3-7-15(9-13)23(24)25)11-22-10-16(20-18(21)22)12-4-2-6-14(19)8-12/h2-11H,1H3. The van der Waals surface area contributed by atoms with E-state index in [9.17, 15) is 10.1 Å². The maximum absolute atomic E-state index is 11.0. The van der Waals surface area contributed by atoms with Gasteiger partial charge in [0.05, 0.1) is 16.3 Å². The lowest BCUT2D eigenvalue weighted by molar-refractivity contribution is -0.384. The van der Waals surface area contributed by atoms with Gasteiger partial charge in [-0.05, 0) is 12.1 Å². The van der Waals surface area contributed by atoms with Crippen LogP contribution in [0.4, 0.5) is 5.69 Å². The first-order valence-electron chi connectivity index (χ1n) is 7.58. The molecule has 2 heterocycles. The van der Waals surface area contributed by atoms with Crippen LogP contribution >= 0.6 is 11.6 Å². The summed E-state index contributed by atoms with van der Waals surface area (Å²) in [6, 6.07) is 14.1. The molecule has 0 radical (unpaired) electrons. The Hall–Kier alpha value is -3.12. The van der Waals surface area contributed by atoms with E-state index in [1.165, 1.54) is 6.07 Å². The molecule has 0 amide bonds. The van der Waals surface area contributed by atoms with Crippen LogP contribution in [0.25, 0.3) is 28.3 Å². The zero-order valence-electron chi connectivity index (χ0n) is 13.3. The average Bonchev–Trinajstić information content (AvgIpc) is 3.15. The van der Waals surface area contributed by atoms with Gasteiger partial charge < -0.3 is 4.57 Å². The summed E-state index contributed by atoms with van der Waals surface area (Å²) in [5.41, 5.74) is 3.44. The summed E-state index contributed by atoms with van der Waals surface area (Å²) in [4.78, 5) is 15.3. The molecule has 0 aliphatic rings. The molecule has 0 bridgehead atoms. The third-order valence-corrected chi connectivity index (χ3v) is 4.34. The molecule has 4 rings (SSSR count). The Bertz CT molecular complexity index is 1110. The largest absolute Gasteiger partial charge is 0.313 e. The Labute approximate surface area is 148 Å². The second kappa shape index (κ2) is 5.75. The molecule has 0 aliphatic heterocycles. The van der Waals surface area contributed by atoms with Crippen molar-refractivity contribution < 1.29 is 4.92 Å². The number of halogens is 1. The highest BCUT2D eigenvalue weighted by atomic mass is 35.5. The molecule has 4 aromatic rings. The Morgan fingerprint density at radius 1 is 1.08 bits per heavy atom. The van der Waals surface area contributed by atoms with Gasteiger partial charge >= 0.3 is 0 Å². The van der Waals surface area contributed by atoms with Crippen molar-refractivity contribution in [2.75, 3.05) is 0 Å². The Kier molecular flexibility index (Phi) is 3.54. The maximum Gasteiger partial charge on any atom is 0.270 e. The van der Waals surface area contributed by atoms with Gasteiger partial charge in [-0.1, -0.05) is 35.9 Å². The monoisotopic (exact) mass is 352 g/mol. The van der Waals surface area contributed by atoms with Gasteiger partial charge in [-0.15, -0.1) is 0 Å². The highest BCUT2D eigenvalue weighted by Gasteiger charge is 2.14. The quantitative estimate of drug-likeness (QED) is 0.400. The SMILES string of the molecule is Cn1c(-c2cccc([N+](=O)[O-])c2)cn2cc(-c3cccc(Cl)c3)nc12. The molecule has 0 fully saturated rings. The van der Waals surface area contributed by atoms with Crippen molar-refractivity contribution in [3.63, 3.8) is 0 Å². The number of nitro groups is 1. The predicted octanol–water partition coefficient (Wildman–Crippen LogP) is 4.57. The van der Waals surface area contributed by atoms with E-state index in [1.807, 2.05) is 58.7 Å². The van der Waals surface area contributed by atoms with Crippen LogP contribution in [-0.2, 0) is 7.05 Å². The zero-order chi connectivity index (χ0) is 17.6. The molecular formula is C18H13ClN4O2. The Balaban J connectivity index is 1.81. The van der Waals surface area contributed by atoms with E-state index in [2.05, 4.69) is 4.98 Å². The lowest BCUT2D eigenvalue weighted by atomic mass is 10.1. The van der Waals surface area contributed by atoms with Crippen molar-refractivity contribution >= 4 is 23.1 Å². The fraction of sp³-hybridized carbons (Fsp3) is 0.0556. The summed E-state index contributed by atoms with van der Waals surface area (Å²) in [6.07, 6.45) is 3.83. The van der Waals surface area contributed by atoms with Crippen LogP contribution < -0.4 is 0 Å². The first kappa shape index (κ1) is 15.4. The minimum absolute atomic E-state index is 0.0657. The molecule has 0 saturated heterocycles. The number of nitro benzene ring substituents is 1. The van der Waals surface area contributed by atoms with Crippen LogP contribution in [0.2, 0.25) is 5.02 Å². The normalized spacial score (nSPS) is 11.1. The molecule has 124 valence electrons. The van der Waals surface area contributed by atoms with E-state index in [-0.39, 0.29) is 5.69 Å². The van der Waals surface area contributed by atoms with Crippen molar-refractivity contribution in [1.29, 1.82) is 0 Å². The van der Waals surface area contributed by atoms with Gasteiger partial charge in [-0.3, -0.25) is 14.5 Å². The Morgan fingerprint density at radius 2 is 1.84 bits per heavy atom. The van der Waals surface area contributed by atoms with Crippen molar-refractivity contribution in [2.45, 2.75) is 0 Å². The summed E-state index contributed by atoms with van der Waals surface area (Å²) >= 11 is 6.05. The molecule has 0 spiro atoms. The first-order chi connectivity index (χ1) is 12.0. The number of rotatable bonds is 3. The van der Waals surface area contributed by atoms with Gasteiger partial charge in [0, 0.05) is 47.7 Å². The van der Waals surface area contributed by atoms with Crippen molar-refractivity contribution in [1.82, 2.24) is 14.0 Å². The van der Waals surface area contributed by atoms with Gasteiger partial charge in [-0.2, -0.15) is 0 Å². The number of fused-ring (bicyclic) bond motifs is 1. The highest BCUT2D eigenvalue weighted by Crippen LogP contribution is 2.28. The third-order valence-electron chi connectivity index (χ3n) is 4.11. The first-order valence-corrected chi connectivity index (χ1v) is 7.96. The zero-order valence-corrected chi connectivity index (χ0v) is 14.0. The molecule has 7 heteroatoms. The molecule has 0 aliphatic carbocycles. The van der Waals surface area contributed by atoms with Gasteiger partial charge in [0.2, 0.25) is 5.78 Å². The number of aryl methyl sites for hydroxylation is 1. The molecule has 0 saturated carbocycles. The highest BCUT2D eigenvalue weighted by molar-refractivity contribution is 6.30. The summed E-state index contributed by atoms with van der Waals surface area (Å²) < 4.78 is 3.82. The minimum atomic E-state index is -0.394. The van der Waals surface area contributed by atoms with Crippen LogP contribution in [-0.4, -0.2) is 18.9 Å². The van der Waals surface area contributed by atoms with Crippen molar-refractivity contribution in [2.24, 2.45) is 7.05 Å². The number of imidazole rings is 2. The number of nitrogens with zero attached hydrogens (tertiary/aromatic N) is 4. The minimum Gasteiger partial charge on any atom is -0.313 e. The molecule has 0 N–H and O–H groups in total. The van der Waals surface area contributed by atoms with E-state index >= 15 is 0 Å². The second-order valence-electron chi connectivity index (χ2n) is 5.72. The van der Waals surface area contributed by atoms with Gasteiger partial charge in [0.15, 0.2) is 0 Å². The lowest BCUT2D eigenvalue weighted by Crippen LogP contribution is -1.94. The van der Waals surface area contributed by atoms with Gasteiger partial charge in [-0.25, -0.2) is 4.98 Å². The second-order valence-corrected chi connectivity index (χ2v) is 6.16. The van der Waals surface area contributed by atoms with E-state index in [0.29, 0.717) is 5.02 Å². The topological polar surface area (TPSA) is 65.4 Å². The molecule has 6 nitrogen and oxygen atoms in total. The fourth-order valence-corrected chi connectivity index (χ4v) is 3.08. The van der Waals surface area contributed by atoms with Gasteiger partial charge in [0.1, 0.15) is 0 Å². The van der Waals surface area contributed by atoms with E-state index in [0.717, 1.165) is 28.3 Å². The number of hydrogen-bond acceptors (Lipinski definition) is 3. The summed E-state index contributed by atoms with van der Waals surface area (Å²) in [5, 5.41) is 11.7. The van der Waals surface area contributed by atoms with Crippen molar-refractivity contribution in [3.8, 4) is 22.5 Å². The van der Waals surface area contributed by atoms with E-state index in [4.69, 9.17) is 11.6 Å². The maximum atomic E-state index is 11.0. The molecule has 2 aromatic heterocycles. The van der Waals surface area contributed by atoms with Gasteiger partial charge in [0.25, 0.3) is 5.69 Å². The number of hydrogen-bond donors (Lipinski definition) is 0. The fourth-order valence-electron chi connectivity index (χ4n) is 2.89. The van der Waals surface area contributed by atoms with E-state index < -0.39 is 4.92 Å².